The molecule has 0 saturated heterocycles. The molecule has 11 heteroatoms. The molecule has 0 fully saturated rings. The Morgan fingerprint density at radius 3 is 2.48 bits per heavy atom. The Kier molecular flexibility index (Phi) is 6.20. The highest BCUT2D eigenvalue weighted by Crippen LogP contribution is 2.33. The molecule has 0 atom stereocenters. The largest absolute Gasteiger partial charge is 0.434 e. The van der Waals surface area contributed by atoms with Gasteiger partial charge >= 0.3 is 6.61 Å². The zero-order valence-corrected chi connectivity index (χ0v) is 16.6. The number of anilines is 1. The molecule has 1 amide bonds. The number of hydrogen-bond donors (Lipinski definition) is 2. The second kappa shape index (κ2) is 8.64. The summed E-state index contributed by atoms with van der Waals surface area (Å²) in [6.07, 6.45) is 0. The summed E-state index contributed by atoms with van der Waals surface area (Å²) in [5.74, 6) is -0.511. The summed E-state index contributed by atoms with van der Waals surface area (Å²) in [6, 6.07) is 11.6. The summed E-state index contributed by atoms with van der Waals surface area (Å²) < 4.78 is 55.3. The van der Waals surface area contributed by atoms with Crippen molar-refractivity contribution in [3.05, 3.63) is 59.5 Å². The van der Waals surface area contributed by atoms with Crippen LogP contribution < -0.4 is 14.8 Å². The molecule has 1 heterocycles. The van der Waals surface area contributed by atoms with Gasteiger partial charge in [0.25, 0.3) is 5.91 Å². The number of amides is 1. The molecule has 0 aliphatic heterocycles. The molecule has 0 bridgehead atoms. The van der Waals surface area contributed by atoms with Crippen molar-refractivity contribution in [1.29, 1.82) is 0 Å². The van der Waals surface area contributed by atoms with Gasteiger partial charge in [0, 0.05) is 16.5 Å². The van der Waals surface area contributed by atoms with E-state index in [2.05, 4.69) is 19.8 Å². The number of para-hydroxylation sites is 1. The Bertz CT molecular complexity index is 1120. The lowest BCUT2D eigenvalue weighted by atomic mass is 10.1. The monoisotopic (exact) mass is 439 g/mol. The fraction of sp³-hybridized carbons (Fsp3) is 0.111. The summed E-state index contributed by atoms with van der Waals surface area (Å²) in [7, 11) is -2.30. The maximum Gasteiger partial charge on any atom is 0.387 e. The topological polar surface area (TPSA) is 97.4 Å². The number of aromatic nitrogens is 1. The van der Waals surface area contributed by atoms with Crippen LogP contribution in [0.2, 0.25) is 0 Å². The molecule has 2 N–H and O–H groups in total. The third kappa shape index (κ3) is 4.94. The lowest BCUT2D eigenvalue weighted by molar-refractivity contribution is -0.0494. The fourth-order valence-corrected chi connectivity index (χ4v) is 3.84. The summed E-state index contributed by atoms with van der Waals surface area (Å²) in [5, 5.41) is 4.45. The minimum atomic E-state index is -3.60. The van der Waals surface area contributed by atoms with Crippen molar-refractivity contribution >= 4 is 32.4 Å². The number of nitrogens with zero attached hydrogens (tertiary/aromatic N) is 1. The van der Waals surface area contributed by atoms with E-state index in [0.717, 1.165) is 11.3 Å². The first-order chi connectivity index (χ1) is 13.8. The first-order valence-electron chi connectivity index (χ1n) is 8.15. The molecule has 3 aromatic rings. The fourth-order valence-electron chi connectivity index (χ4n) is 2.40. The van der Waals surface area contributed by atoms with Gasteiger partial charge in [0.1, 0.15) is 5.75 Å². The van der Waals surface area contributed by atoms with E-state index in [9.17, 15) is 22.0 Å². The van der Waals surface area contributed by atoms with E-state index in [1.54, 1.807) is 23.6 Å². The van der Waals surface area contributed by atoms with Crippen LogP contribution in [0.25, 0.3) is 11.3 Å². The van der Waals surface area contributed by atoms with Gasteiger partial charge in [0.05, 0.1) is 10.6 Å². The van der Waals surface area contributed by atoms with Crippen molar-refractivity contribution in [2.75, 3.05) is 12.4 Å². The van der Waals surface area contributed by atoms with Crippen LogP contribution in [0.5, 0.6) is 5.75 Å². The predicted molar refractivity (Wildman–Crippen MR) is 105 cm³/mol. The molecular weight excluding hydrogens is 424 g/mol. The molecule has 2 aromatic carbocycles. The Morgan fingerprint density at radius 2 is 1.83 bits per heavy atom. The standard InChI is InChI=1S/C18H15F2N3O4S2/c1-21-29(25,26)12-8-6-11(7-9-12)16(24)23-18-22-14(10-28-18)13-4-2-3-5-15(13)27-17(19)20/h2-10,17,21H,1H3,(H,22,23,24). The highest BCUT2D eigenvalue weighted by molar-refractivity contribution is 7.89. The minimum Gasteiger partial charge on any atom is -0.434 e. The number of alkyl halides is 2. The van der Waals surface area contributed by atoms with Crippen LogP contribution in [0.3, 0.4) is 0 Å². The number of carbonyl (C=O) groups is 1. The summed E-state index contributed by atoms with van der Waals surface area (Å²) in [5.41, 5.74) is 0.974. The SMILES string of the molecule is CNS(=O)(=O)c1ccc(C(=O)Nc2nc(-c3ccccc3OC(F)F)cs2)cc1. The maximum absolute atomic E-state index is 12.6. The van der Waals surface area contributed by atoms with Gasteiger partial charge in [0.15, 0.2) is 5.13 Å². The van der Waals surface area contributed by atoms with Crippen LogP contribution in [0.4, 0.5) is 13.9 Å². The van der Waals surface area contributed by atoms with Gasteiger partial charge in [-0.05, 0) is 43.4 Å². The molecule has 1 aromatic heterocycles. The number of carbonyl (C=O) groups excluding carboxylic acids is 1. The van der Waals surface area contributed by atoms with Crippen molar-refractivity contribution in [2.45, 2.75) is 11.5 Å². The van der Waals surface area contributed by atoms with Crippen LogP contribution in [-0.2, 0) is 10.0 Å². The van der Waals surface area contributed by atoms with Gasteiger partial charge in [0.2, 0.25) is 10.0 Å². The second-order valence-corrected chi connectivity index (χ2v) is 8.34. The van der Waals surface area contributed by atoms with Crippen molar-refractivity contribution in [2.24, 2.45) is 0 Å². The average Bonchev–Trinajstić information content (AvgIpc) is 3.16. The quantitative estimate of drug-likeness (QED) is 0.587. The number of sulfonamides is 1. The van der Waals surface area contributed by atoms with Crippen molar-refractivity contribution < 1.29 is 26.7 Å². The van der Waals surface area contributed by atoms with Crippen molar-refractivity contribution in [1.82, 2.24) is 9.71 Å². The molecule has 0 radical (unpaired) electrons. The third-order valence-corrected chi connectivity index (χ3v) is 5.99. The van der Waals surface area contributed by atoms with Crippen LogP contribution in [-0.4, -0.2) is 33.0 Å². The molecule has 152 valence electrons. The number of benzene rings is 2. The molecular formula is C18H15F2N3O4S2. The second-order valence-electron chi connectivity index (χ2n) is 5.60. The maximum atomic E-state index is 12.6. The minimum absolute atomic E-state index is 0.0213. The van der Waals surface area contributed by atoms with Crippen molar-refractivity contribution in [3.63, 3.8) is 0 Å². The average molecular weight is 439 g/mol. The van der Waals surface area contributed by atoms with Crippen LogP contribution in [0.1, 0.15) is 10.4 Å². The summed E-state index contributed by atoms with van der Waals surface area (Å²) >= 11 is 1.11. The van der Waals surface area contributed by atoms with Gasteiger partial charge in [-0.25, -0.2) is 18.1 Å². The smallest absolute Gasteiger partial charge is 0.387 e. The zero-order valence-electron chi connectivity index (χ0n) is 14.9. The lowest BCUT2D eigenvalue weighted by Gasteiger charge is -2.08. The highest BCUT2D eigenvalue weighted by atomic mass is 32.2. The van der Waals surface area contributed by atoms with Gasteiger partial charge < -0.3 is 4.74 Å². The number of hydrogen-bond acceptors (Lipinski definition) is 6. The van der Waals surface area contributed by atoms with Gasteiger partial charge in [-0.3, -0.25) is 10.1 Å². The third-order valence-electron chi connectivity index (χ3n) is 3.80. The number of ether oxygens (including phenoxy) is 1. The van der Waals surface area contributed by atoms with E-state index in [1.165, 1.54) is 37.4 Å². The normalized spacial score (nSPS) is 11.4. The molecule has 0 aliphatic carbocycles. The molecule has 0 spiro atoms. The van der Waals surface area contributed by atoms with Crippen molar-refractivity contribution in [3.8, 4) is 17.0 Å². The molecule has 29 heavy (non-hydrogen) atoms. The van der Waals surface area contributed by atoms with Crippen LogP contribution >= 0.6 is 11.3 Å². The van der Waals surface area contributed by atoms with Gasteiger partial charge in [-0.2, -0.15) is 8.78 Å². The summed E-state index contributed by atoms with van der Waals surface area (Å²) in [6.45, 7) is -2.97. The van der Waals surface area contributed by atoms with E-state index < -0.39 is 22.5 Å². The molecule has 3 rings (SSSR count). The molecule has 7 nitrogen and oxygen atoms in total. The zero-order chi connectivity index (χ0) is 21.0. The van der Waals surface area contributed by atoms with Gasteiger partial charge in [-0.15, -0.1) is 11.3 Å². The number of rotatable bonds is 7. The van der Waals surface area contributed by atoms with Gasteiger partial charge in [-0.1, -0.05) is 12.1 Å². The molecule has 0 aliphatic rings. The summed E-state index contributed by atoms with van der Waals surface area (Å²) in [4.78, 5) is 16.6. The van der Waals surface area contributed by atoms with Crippen LogP contribution in [0.15, 0.2) is 58.8 Å². The highest BCUT2D eigenvalue weighted by Gasteiger charge is 2.16. The Morgan fingerprint density at radius 1 is 1.14 bits per heavy atom. The number of halogens is 2. The Hall–Kier alpha value is -2.89. The van der Waals surface area contributed by atoms with E-state index in [1.807, 2.05) is 0 Å². The lowest BCUT2D eigenvalue weighted by Crippen LogP contribution is -2.19. The Labute approximate surface area is 169 Å². The number of nitrogens with one attached hydrogen (secondary N) is 2. The number of thiazole rings is 1. The van der Waals surface area contributed by atoms with Crippen LogP contribution in [0, 0.1) is 0 Å². The molecule has 0 saturated carbocycles. The Balaban J connectivity index is 1.76. The first-order valence-corrected chi connectivity index (χ1v) is 10.5. The van der Waals surface area contributed by atoms with E-state index in [-0.39, 0.29) is 21.3 Å². The van der Waals surface area contributed by atoms with E-state index in [0.29, 0.717) is 11.3 Å². The molecule has 0 unspecified atom stereocenters. The van der Waals surface area contributed by atoms with E-state index >= 15 is 0 Å². The van der Waals surface area contributed by atoms with E-state index in [4.69, 9.17) is 0 Å². The first kappa shape index (κ1) is 20.8. The predicted octanol–water partition coefficient (Wildman–Crippen LogP) is 3.57.